The first-order valence-electron chi connectivity index (χ1n) is 4.20. The van der Waals surface area contributed by atoms with E-state index < -0.39 is 0 Å². The molecule has 0 radical (unpaired) electrons. The van der Waals surface area contributed by atoms with E-state index in [0.717, 1.165) is 4.47 Å². The average Bonchev–Trinajstić information content (AvgIpc) is 2.01. The summed E-state index contributed by atoms with van der Waals surface area (Å²) in [5, 5.41) is 0. The summed E-state index contributed by atoms with van der Waals surface area (Å²) in [6, 6.07) is 5.24. The zero-order valence-corrected chi connectivity index (χ0v) is 10.4. The SMILES string of the molecule is CC(C)OC(=O)c1ccc(Br)cc1S. The molecule has 14 heavy (non-hydrogen) atoms. The van der Waals surface area contributed by atoms with Crippen LogP contribution in [0.15, 0.2) is 27.6 Å². The summed E-state index contributed by atoms with van der Waals surface area (Å²) in [6.45, 7) is 3.63. The van der Waals surface area contributed by atoms with E-state index in [1.807, 2.05) is 13.8 Å². The van der Waals surface area contributed by atoms with Gasteiger partial charge >= 0.3 is 5.97 Å². The van der Waals surface area contributed by atoms with Gasteiger partial charge in [-0.3, -0.25) is 0 Å². The minimum atomic E-state index is -0.336. The topological polar surface area (TPSA) is 26.3 Å². The Labute approximate surface area is 97.2 Å². The zero-order valence-electron chi connectivity index (χ0n) is 7.95. The predicted octanol–water partition coefficient (Wildman–Crippen LogP) is 3.30. The van der Waals surface area contributed by atoms with Gasteiger partial charge in [0.1, 0.15) is 0 Å². The fourth-order valence-electron chi connectivity index (χ4n) is 0.955. The molecule has 76 valence electrons. The van der Waals surface area contributed by atoms with E-state index in [1.165, 1.54) is 0 Å². The van der Waals surface area contributed by atoms with Gasteiger partial charge in [0, 0.05) is 9.37 Å². The summed E-state index contributed by atoms with van der Waals surface area (Å²) >= 11 is 7.49. The molecule has 0 aliphatic rings. The van der Waals surface area contributed by atoms with E-state index in [4.69, 9.17) is 4.74 Å². The van der Waals surface area contributed by atoms with Gasteiger partial charge in [0.25, 0.3) is 0 Å². The van der Waals surface area contributed by atoms with E-state index in [1.54, 1.807) is 18.2 Å². The van der Waals surface area contributed by atoms with Crippen LogP contribution < -0.4 is 0 Å². The summed E-state index contributed by atoms with van der Waals surface area (Å²) in [6.07, 6.45) is -0.112. The predicted molar refractivity (Wildman–Crippen MR) is 61.9 cm³/mol. The van der Waals surface area contributed by atoms with Gasteiger partial charge in [-0.2, -0.15) is 0 Å². The minimum Gasteiger partial charge on any atom is -0.459 e. The van der Waals surface area contributed by atoms with E-state index in [2.05, 4.69) is 28.6 Å². The Morgan fingerprint density at radius 1 is 1.50 bits per heavy atom. The van der Waals surface area contributed by atoms with Gasteiger partial charge in [-0.25, -0.2) is 4.79 Å². The Balaban J connectivity index is 2.90. The van der Waals surface area contributed by atoms with Crippen molar-refractivity contribution in [3.63, 3.8) is 0 Å². The normalized spacial score (nSPS) is 10.4. The van der Waals surface area contributed by atoms with Crippen LogP contribution in [0.5, 0.6) is 0 Å². The summed E-state index contributed by atoms with van der Waals surface area (Å²) in [4.78, 5) is 12.1. The van der Waals surface area contributed by atoms with Gasteiger partial charge in [-0.1, -0.05) is 15.9 Å². The van der Waals surface area contributed by atoms with Crippen LogP contribution in [-0.2, 0) is 4.74 Å². The van der Waals surface area contributed by atoms with Crippen LogP contribution in [0, 0.1) is 0 Å². The molecule has 0 amide bonds. The van der Waals surface area contributed by atoms with Crippen LogP contribution in [0.2, 0.25) is 0 Å². The number of benzene rings is 1. The molecular weight excluding hydrogens is 264 g/mol. The second-order valence-corrected chi connectivity index (χ2v) is 4.51. The number of esters is 1. The number of rotatable bonds is 2. The molecule has 1 aromatic carbocycles. The number of ether oxygens (including phenoxy) is 1. The highest BCUT2D eigenvalue weighted by atomic mass is 79.9. The molecule has 0 saturated carbocycles. The first-order valence-corrected chi connectivity index (χ1v) is 5.44. The third-order valence-corrected chi connectivity index (χ3v) is 2.39. The smallest absolute Gasteiger partial charge is 0.339 e. The molecule has 0 N–H and O–H groups in total. The summed E-state index contributed by atoms with van der Waals surface area (Å²) in [5.41, 5.74) is 0.491. The maximum atomic E-state index is 11.5. The highest BCUT2D eigenvalue weighted by molar-refractivity contribution is 9.10. The van der Waals surface area contributed by atoms with Crippen molar-refractivity contribution in [2.45, 2.75) is 24.8 Å². The van der Waals surface area contributed by atoms with E-state index >= 15 is 0 Å². The molecule has 0 aliphatic heterocycles. The van der Waals surface area contributed by atoms with E-state index in [-0.39, 0.29) is 12.1 Å². The monoisotopic (exact) mass is 274 g/mol. The molecule has 1 aromatic rings. The van der Waals surface area contributed by atoms with Crippen molar-refractivity contribution >= 4 is 34.5 Å². The van der Waals surface area contributed by atoms with E-state index in [0.29, 0.717) is 10.5 Å². The molecule has 0 heterocycles. The average molecular weight is 275 g/mol. The number of carbonyl (C=O) groups is 1. The second kappa shape index (κ2) is 4.84. The number of thiol groups is 1. The zero-order chi connectivity index (χ0) is 10.7. The molecule has 0 bridgehead atoms. The van der Waals surface area contributed by atoms with Gasteiger partial charge < -0.3 is 4.74 Å². The molecule has 0 fully saturated rings. The van der Waals surface area contributed by atoms with Gasteiger partial charge in [0.15, 0.2) is 0 Å². The van der Waals surface area contributed by atoms with Crippen molar-refractivity contribution in [1.29, 1.82) is 0 Å². The molecule has 0 aliphatic carbocycles. The number of hydrogen-bond donors (Lipinski definition) is 1. The molecule has 0 unspecified atom stereocenters. The summed E-state index contributed by atoms with van der Waals surface area (Å²) in [5.74, 6) is -0.336. The number of carbonyl (C=O) groups excluding carboxylic acids is 1. The third kappa shape index (κ3) is 3.03. The first-order chi connectivity index (χ1) is 6.50. The summed E-state index contributed by atoms with van der Waals surface area (Å²) < 4.78 is 5.95. The van der Waals surface area contributed by atoms with Crippen LogP contribution >= 0.6 is 28.6 Å². The van der Waals surface area contributed by atoms with Crippen molar-refractivity contribution in [3.05, 3.63) is 28.2 Å². The lowest BCUT2D eigenvalue weighted by atomic mass is 10.2. The second-order valence-electron chi connectivity index (χ2n) is 3.12. The highest BCUT2D eigenvalue weighted by Gasteiger charge is 2.12. The van der Waals surface area contributed by atoms with Gasteiger partial charge in [0.05, 0.1) is 11.7 Å². The third-order valence-electron chi connectivity index (χ3n) is 1.52. The lowest BCUT2D eigenvalue weighted by Gasteiger charge is -2.09. The first kappa shape index (κ1) is 11.6. The van der Waals surface area contributed by atoms with Crippen molar-refractivity contribution in [2.24, 2.45) is 0 Å². The molecule has 0 aromatic heterocycles. The Kier molecular flexibility index (Phi) is 4.01. The van der Waals surface area contributed by atoms with Crippen LogP contribution in [0.1, 0.15) is 24.2 Å². The number of halogens is 1. The number of hydrogen-bond acceptors (Lipinski definition) is 3. The van der Waals surface area contributed by atoms with Gasteiger partial charge in [-0.15, -0.1) is 12.6 Å². The molecule has 4 heteroatoms. The van der Waals surface area contributed by atoms with Crippen molar-refractivity contribution in [2.75, 3.05) is 0 Å². The Morgan fingerprint density at radius 2 is 2.14 bits per heavy atom. The fraction of sp³-hybridized carbons (Fsp3) is 0.300. The van der Waals surface area contributed by atoms with Crippen LogP contribution in [-0.4, -0.2) is 12.1 Å². The fourth-order valence-corrected chi connectivity index (χ4v) is 1.80. The van der Waals surface area contributed by atoms with Crippen LogP contribution in [0.3, 0.4) is 0 Å². The van der Waals surface area contributed by atoms with Crippen molar-refractivity contribution in [1.82, 2.24) is 0 Å². The van der Waals surface area contributed by atoms with Crippen LogP contribution in [0.25, 0.3) is 0 Å². The molecular formula is C10H11BrO2S. The van der Waals surface area contributed by atoms with Crippen molar-refractivity contribution in [3.8, 4) is 0 Å². The van der Waals surface area contributed by atoms with Gasteiger partial charge in [0.2, 0.25) is 0 Å². The molecule has 0 saturated heterocycles. The lowest BCUT2D eigenvalue weighted by molar-refractivity contribution is 0.0374. The Hall–Kier alpha value is -0.480. The Bertz CT molecular complexity index is 350. The van der Waals surface area contributed by atoms with Crippen LogP contribution in [0.4, 0.5) is 0 Å². The van der Waals surface area contributed by atoms with Gasteiger partial charge in [-0.05, 0) is 32.0 Å². The maximum absolute atomic E-state index is 11.5. The highest BCUT2D eigenvalue weighted by Crippen LogP contribution is 2.20. The minimum absolute atomic E-state index is 0.112. The standard InChI is InChI=1S/C10H11BrO2S/c1-6(2)13-10(12)8-4-3-7(11)5-9(8)14/h3-6,14H,1-2H3. The van der Waals surface area contributed by atoms with E-state index in [9.17, 15) is 4.79 Å². The molecule has 0 atom stereocenters. The molecule has 1 rings (SSSR count). The maximum Gasteiger partial charge on any atom is 0.339 e. The lowest BCUT2D eigenvalue weighted by Crippen LogP contribution is -2.12. The summed E-state index contributed by atoms with van der Waals surface area (Å²) in [7, 11) is 0. The molecule has 2 nitrogen and oxygen atoms in total. The Morgan fingerprint density at radius 3 is 2.64 bits per heavy atom. The largest absolute Gasteiger partial charge is 0.459 e. The quantitative estimate of drug-likeness (QED) is 0.662. The van der Waals surface area contributed by atoms with Crippen molar-refractivity contribution < 1.29 is 9.53 Å². The molecule has 0 spiro atoms.